The third kappa shape index (κ3) is 5.30. The van der Waals surface area contributed by atoms with Gasteiger partial charge in [0, 0.05) is 56.9 Å². The Kier molecular flexibility index (Phi) is 7.36. The lowest BCUT2D eigenvalue weighted by molar-refractivity contribution is 0.0853. The summed E-state index contributed by atoms with van der Waals surface area (Å²) < 4.78 is 13.4. The summed E-state index contributed by atoms with van der Waals surface area (Å²) in [5.41, 5.74) is 3.21. The van der Waals surface area contributed by atoms with E-state index in [2.05, 4.69) is 27.2 Å². The van der Waals surface area contributed by atoms with Gasteiger partial charge in [-0.15, -0.1) is 0 Å². The molecule has 1 aromatic carbocycles. The van der Waals surface area contributed by atoms with Crippen molar-refractivity contribution < 1.29 is 14.6 Å². The molecule has 5 rings (SSSR count). The van der Waals surface area contributed by atoms with Gasteiger partial charge in [0.25, 0.3) is 0 Å². The molecule has 188 valence electrons. The summed E-state index contributed by atoms with van der Waals surface area (Å²) in [6.07, 6.45) is 8.46. The Hall–Kier alpha value is -3.60. The summed E-state index contributed by atoms with van der Waals surface area (Å²) in [4.78, 5) is 20.8. The minimum Gasteiger partial charge on any atom is -0.491 e. The molecule has 0 aliphatic carbocycles. The van der Waals surface area contributed by atoms with E-state index in [0.29, 0.717) is 24.2 Å². The Bertz CT molecular complexity index is 1310. The lowest BCUT2D eigenvalue weighted by Crippen LogP contribution is -2.37. The van der Waals surface area contributed by atoms with Crippen LogP contribution in [0.15, 0.2) is 55.1 Å². The zero-order valence-corrected chi connectivity index (χ0v) is 20.5. The van der Waals surface area contributed by atoms with Crippen LogP contribution in [0.2, 0.25) is 0 Å². The van der Waals surface area contributed by atoms with Crippen molar-refractivity contribution in [3.05, 3.63) is 55.1 Å². The van der Waals surface area contributed by atoms with Gasteiger partial charge in [-0.25, -0.2) is 15.0 Å². The number of rotatable bonds is 9. The number of hydrogen-bond acceptors (Lipinski definition) is 9. The summed E-state index contributed by atoms with van der Waals surface area (Å²) in [6, 6.07) is 9.99. The first-order valence-electron chi connectivity index (χ1n) is 12.2. The summed E-state index contributed by atoms with van der Waals surface area (Å²) in [5, 5.41) is 13.0. The van der Waals surface area contributed by atoms with Crippen molar-refractivity contribution >= 4 is 11.5 Å². The molecule has 0 bridgehead atoms. The number of benzene rings is 1. The molecule has 10 nitrogen and oxygen atoms in total. The topological polar surface area (TPSA) is 110 Å². The molecular formula is C26H31N7O3. The van der Waals surface area contributed by atoms with E-state index in [4.69, 9.17) is 19.4 Å². The second kappa shape index (κ2) is 11.0. The molecule has 4 aromatic rings. The van der Waals surface area contributed by atoms with Gasteiger partial charge < -0.3 is 24.8 Å². The quantitative estimate of drug-likeness (QED) is 0.366. The molecule has 3 aromatic heterocycles. The number of aliphatic hydroxyl groups is 1. The smallest absolute Gasteiger partial charge is 0.162 e. The lowest BCUT2D eigenvalue weighted by atomic mass is 10.1. The van der Waals surface area contributed by atoms with Crippen LogP contribution in [0.25, 0.3) is 28.4 Å². The molecule has 1 aliphatic rings. The maximum Gasteiger partial charge on any atom is 0.162 e. The number of hydrogen-bond donors (Lipinski definition) is 2. The highest BCUT2D eigenvalue weighted by molar-refractivity contribution is 5.68. The highest BCUT2D eigenvalue weighted by Crippen LogP contribution is 2.29. The molecule has 1 saturated heterocycles. The van der Waals surface area contributed by atoms with E-state index in [9.17, 15) is 5.11 Å². The van der Waals surface area contributed by atoms with Crippen LogP contribution in [0, 0.1) is 0 Å². The third-order valence-electron chi connectivity index (χ3n) is 6.37. The van der Waals surface area contributed by atoms with Gasteiger partial charge in [0.2, 0.25) is 0 Å². The minimum absolute atomic E-state index is 0.193. The number of aromatic nitrogens is 5. The number of imidazole rings is 1. The zero-order valence-electron chi connectivity index (χ0n) is 20.5. The van der Waals surface area contributed by atoms with Gasteiger partial charge in [-0.1, -0.05) is 12.1 Å². The van der Waals surface area contributed by atoms with E-state index in [-0.39, 0.29) is 6.61 Å². The first-order valence-corrected chi connectivity index (χ1v) is 12.2. The Labute approximate surface area is 210 Å². The summed E-state index contributed by atoms with van der Waals surface area (Å²) in [5.74, 6) is 2.07. The molecule has 0 unspecified atom stereocenters. The van der Waals surface area contributed by atoms with E-state index < -0.39 is 6.10 Å². The normalized spacial score (nSPS) is 15.2. The number of fused-ring (bicyclic) bond motifs is 1. The summed E-state index contributed by atoms with van der Waals surface area (Å²) in [6.45, 7) is 2.15. The number of nitrogens with one attached hydrogen (secondary N) is 1. The number of nitrogens with zero attached hydrogens (tertiary/aromatic N) is 6. The average Bonchev–Trinajstić information content (AvgIpc) is 3.36. The second-order valence-electron chi connectivity index (χ2n) is 8.89. The highest BCUT2D eigenvalue weighted by atomic mass is 16.5. The fourth-order valence-electron chi connectivity index (χ4n) is 4.38. The van der Waals surface area contributed by atoms with Crippen molar-refractivity contribution in [1.29, 1.82) is 0 Å². The van der Waals surface area contributed by atoms with Crippen LogP contribution in [0.3, 0.4) is 0 Å². The molecule has 1 aliphatic heterocycles. The number of likely N-dealkylation sites (N-methyl/N-ethyl adjacent to an activating group) is 1. The van der Waals surface area contributed by atoms with Crippen molar-refractivity contribution in [3.63, 3.8) is 0 Å². The van der Waals surface area contributed by atoms with Gasteiger partial charge in [0.05, 0.1) is 23.8 Å². The van der Waals surface area contributed by atoms with Crippen LogP contribution >= 0.6 is 0 Å². The highest BCUT2D eigenvalue weighted by Gasteiger charge is 2.22. The lowest BCUT2D eigenvalue weighted by Gasteiger charge is -2.32. The molecule has 1 atom stereocenters. The number of aliphatic hydroxyl groups excluding tert-OH is 1. The largest absolute Gasteiger partial charge is 0.491 e. The molecule has 0 spiro atoms. The van der Waals surface area contributed by atoms with Gasteiger partial charge >= 0.3 is 0 Å². The molecule has 10 heteroatoms. The van der Waals surface area contributed by atoms with Crippen molar-refractivity contribution in [1.82, 2.24) is 29.7 Å². The van der Waals surface area contributed by atoms with Crippen LogP contribution < -0.4 is 15.0 Å². The molecule has 36 heavy (non-hydrogen) atoms. The molecule has 4 heterocycles. The van der Waals surface area contributed by atoms with E-state index in [1.807, 2.05) is 47.1 Å². The zero-order chi connectivity index (χ0) is 24.9. The third-order valence-corrected chi connectivity index (χ3v) is 6.37. The van der Waals surface area contributed by atoms with Gasteiger partial charge in [0.15, 0.2) is 11.5 Å². The molecule has 1 fully saturated rings. The number of anilines is 1. The van der Waals surface area contributed by atoms with Gasteiger partial charge in [0.1, 0.15) is 24.3 Å². The molecule has 0 saturated carbocycles. The monoisotopic (exact) mass is 489 g/mol. The van der Waals surface area contributed by atoms with E-state index in [0.717, 1.165) is 54.5 Å². The Morgan fingerprint density at radius 3 is 2.92 bits per heavy atom. The maximum absolute atomic E-state index is 10.0. The molecule has 0 radical (unpaired) electrons. The van der Waals surface area contributed by atoms with Crippen LogP contribution in [0.1, 0.15) is 12.8 Å². The summed E-state index contributed by atoms with van der Waals surface area (Å²) in [7, 11) is 3.87. The predicted molar refractivity (Wildman–Crippen MR) is 137 cm³/mol. The van der Waals surface area contributed by atoms with E-state index in [1.54, 1.807) is 19.4 Å². The molecule has 0 amide bonds. The van der Waals surface area contributed by atoms with Crippen LogP contribution in [0.4, 0.5) is 5.82 Å². The van der Waals surface area contributed by atoms with E-state index in [1.165, 1.54) is 0 Å². The SMILES string of the molecule is CNC[C@@H](O)COc1cccc(-c2nc(-c3cnc4cnccn34)cc(N(C)C3CCOCC3)n2)c1. The van der Waals surface area contributed by atoms with Gasteiger partial charge in [-0.05, 0) is 32.0 Å². The fourth-order valence-corrected chi connectivity index (χ4v) is 4.38. The second-order valence-corrected chi connectivity index (χ2v) is 8.89. The minimum atomic E-state index is -0.595. The number of ether oxygens (including phenoxy) is 2. The first kappa shape index (κ1) is 24.1. The van der Waals surface area contributed by atoms with Crippen LogP contribution in [0.5, 0.6) is 5.75 Å². The van der Waals surface area contributed by atoms with E-state index >= 15 is 0 Å². The van der Waals surface area contributed by atoms with Crippen molar-refractivity contribution in [2.24, 2.45) is 0 Å². The van der Waals surface area contributed by atoms with Crippen LogP contribution in [-0.2, 0) is 4.74 Å². The Morgan fingerprint density at radius 1 is 1.22 bits per heavy atom. The summed E-state index contributed by atoms with van der Waals surface area (Å²) >= 11 is 0. The molecule has 2 N–H and O–H groups in total. The van der Waals surface area contributed by atoms with Gasteiger partial charge in [-0.2, -0.15) is 0 Å². The van der Waals surface area contributed by atoms with Crippen molar-refractivity contribution in [2.75, 3.05) is 45.4 Å². The fraction of sp³-hybridized carbons (Fsp3) is 0.385. The predicted octanol–water partition coefficient (Wildman–Crippen LogP) is 2.43. The maximum atomic E-state index is 10.0. The Balaban J connectivity index is 1.53. The standard InChI is InChI=1S/C26H31N7O3/c1-27-14-20(34)17-36-21-5-3-4-18(12-21)26-30-22(23-15-29-25-16-28-8-9-33(23)25)13-24(31-26)32(2)19-6-10-35-11-7-19/h3-5,8-9,12-13,15-16,19-20,27,34H,6-7,10-11,14,17H2,1-2H3/t20-/m1/s1. The van der Waals surface area contributed by atoms with Crippen molar-refractivity contribution in [3.8, 4) is 28.5 Å². The Morgan fingerprint density at radius 2 is 2.08 bits per heavy atom. The van der Waals surface area contributed by atoms with Crippen molar-refractivity contribution in [2.45, 2.75) is 25.0 Å². The molecular weight excluding hydrogens is 458 g/mol. The first-order chi connectivity index (χ1) is 17.6. The van der Waals surface area contributed by atoms with Crippen LogP contribution in [-0.4, -0.2) is 82.0 Å². The van der Waals surface area contributed by atoms with Gasteiger partial charge in [-0.3, -0.25) is 9.38 Å². The average molecular weight is 490 g/mol.